The zero-order valence-corrected chi connectivity index (χ0v) is 19.0. The third-order valence-electron chi connectivity index (χ3n) is 5.27. The van der Waals surface area contributed by atoms with Crippen molar-refractivity contribution < 1.29 is 0 Å². The Morgan fingerprint density at radius 2 is 1.77 bits per heavy atom. The smallest absolute Gasteiger partial charge is 0.191 e. The number of hydrogen-bond acceptors (Lipinski definition) is 4. The zero-order valence-electron chi connectivity index (χ0n) is 18.3. The monoisotopic (exact) mass is 439 g/mol. The molecule has 31 heavy (non-hydrogen) atoms. The van der Waals surface area contributed by atoms with Gasteiger partial charge in [0.25, 0.3) is 0 Å². The summed E-state index contributed by atoms with van der Waals surface area (Å²) < 4.78 is 1.96. The minimum atomic E-state index is 0.134. The van der Waals surface area contributed by atoms with Crippen molar-refractivity contribution in [1.29, 1.82) is 0 Å². The number of benzene rings is 2. The van der Waals surface area contributed by atoms with Gasteiger partial charge >= 0.3 is 0 Å². The van der Waals surface area contributed by atoms with Crippen LogP contribution < -0.4 is 10.6 Å². The van der Waals surface area contributed by atoms with Gasteiger partial charge < -0.3 is 10.6 Å². The van der Waals surface area contributed by atoms with Gasteiger partial charge in [0.2, 0.25) is 0 Å². The van der Waals surface area contributed by atoms with Crippen LogP contribution in [0.3, 0.4) is 0 Å². The van der Waals surface area contributed by atoms with Crippen LogP contribution >= 0.6 is 11.6 Å². The summed E-state index contributed by atoms with van der Waals surface area (Å²) in [6.45, 7) is 7.36. The molecule has 1 aromatic heterocycles. The van der Waals surface area contributed by atoms with E-state index in [0.717, 1.165) is 35.2 Å². The van der Waals surface area contributed by atoms with Crippen molar-refractivity contribution in [2.24, 2.45) is 4.99 Å². The summed E-state index contributed by atoms with van der Waals surface area (Å²) in [7, 11) is 1.76. The summed E-state index contributed by atoms with van der Waals surface area (Å²) in [5.74, 6) is 1.51. The molecule has 0 amide bonds. The van der Waals surface area contributed by atoms with Crippen LogP contribution in [-0.2, 0) is 6.54 Å². The fourth-order valence-electron chi connectivity index (χ4n) is 3.61. The first-order valence-electron chi connectivity index (χ1n) is 10.5. The van der Waals surface area contributed by atoms with Gasteiger partial charge in [-0.3, -0.25) is 14.5 Å². The predicted molar refractivity (Wildman–Crippen MR) is 127 cm³/mol. The van der Waals surface area contributed by atoms with Gasteiger partial charge in [-0.05, 0) is 36.9 Å². The highest BCUT2D eigenvalue weighted by atomic mass is 35.5. The van der Waals surface area contributed by atoms with Crippen molar-refractivity contribution in [3.8, 4) is 5.69 Å². The molecule has 7 nitrogen and oxygen atoms in total. The Labute approximate surface area is 189 Å². The van der Waals surface area contributed by atoms with Crippen LogP contribution in [0.25, 0.3) is 5.69 Å². The quantitative estimate of drug-likeness (QED) is 0.393. The molecule has 1 atom stereocenters. The van der Waals surface area contributed by atoms with Gasteiger partial charge in [-0.2, -0.15) is 0 Å². The van der Waals surface area contributed by atoms with Crippen LogP contribution in [-0.4, -0.2) is 52.3 Å². The molecule has 0 saturated heterocycles. The maximum atomic E-state index is 6.51. The Hall–Kier alpha value is -2.90. The number of nitrogens with zero attached hydrogens (tertiary/aromatic N) is 5. The molecule has 0 aliphatic heterocycles. The Kier molecular flexibility index (Phi) is 8.44. The van der Waals surface area contributed by atoms with E-state index in [-0.39, 0.29) is 6.04 Å². The minimum Gasteiger partial charge on any atom is -0.354 e. The lowest BCUT2D eigenvalue weighted by Gasteiger charge is -2.31. The van der Waals surface area contributed by atoms with Crippen LogP contribution in [0, 0.1) is 0 Å². The third kappa shape index (κ3) is 5.83. The summed E-state index contributed by atoms with van der Waals surface area (Å²) in [4.78, 5) is 6.76. The van der Waals surface area contributed by atoms with Crippen molar-refractivity contribution in [1.82, 2.24) is 30.3 Å². The zero-order chi connectivity index (χ0) is 22.1. The lowest BCUT2D eigenvalue weighted by atomic mass is 10.0. The number of halogens is 1. The fourth-order valence-corrected chi connectivity index (χ4v) is 3.87. The molecular weight excluding hydrogens is 410 g/mol. The normalized spacial score (nSPS) is 12.7. The molecule has 0 fully saturated rings. The molecule has 1 unspecified atom stereocenters. The topological polar surface area (TPSA) is 70.4 Å². The second-order valence-electron chi connectivity index (χ2n) is 7.02. The largest absolute Gasteiger partial charge is 0.354 e. The first-order chi connectivity index (χ1) is 15.2. The maximum Gasteiger partial charge on any atom is 0.191 e. The molecule has 0 radical (unpaired) electrons. The predicted octanol–water partition coefficient (Wildman–Crippen LogP) is 3.67. The Balaban J connectivity index is 1.67. The number of aromatic nitrogens is 3. The molecule has 0 saturated carbocycles. The molecule has 2 aromatic carbocycles. The van der Waals surface area contributed by atoms with Crippen molar-refractivity contribution in [3.05, 3.63) is 77.3 Å². The summed E-state index contributed by atoms with van der Waals surface area (Å²) in [6.07, 6.45) is 1.72. The number of aliphatic imine (C=N–C) groups is 1. The van der Waals surface area contributed by atoms with Crippen LogP contribution in [0.1, 0.15) is 31.3 Å². The molecule has 3 rings (SSSR count). The molecule has 0 aliphatic rings. The Bertz CT molecular complexity index is 967. The van der Waals surface area contributed by atoms with Crippen LogP contribution in [0.2, 0.25) is 5.02 Å². The molecule has 164 valence electrons. The van der Waals surface area contributed by atoms with Crippen LogP contribution in [0.15, 0.2) is 65.9 Å². The highest BCUT2D eigenvalue weighted by Crippen LogP contribution is 2.26. The number of nitrogens with one attached hydrogen (secondary N) is 2. The van der Waals surface area contributed by atoms with Crippen molar-refractivity contribution in [3.63, 3.8) is 0 Å². The molecule has 0 spiro atoms. The van der Waals surface area contributed by atoms with Gasteiger partial charge in [-0.1, -0.05) is 61.8 Å². The lowest BCUT2D eigenvalue weighted by Crippen LogP contribution is -2.43. The van der Waals surface area contributed by atoms with Gasteiger partial charge in [-0.15, -0.1) is 10.2 Å². The van der Waals surface area contributed by atoms with Crippen molar-refractivity contribution >= 4 is 17.6 Å². The summed E-state index contributed by atoms with van der Waals surface area (Å²) in [5.41, 5.74) is 2.13. The van der Waals surface area contributed by atoms with E-state index < -0.39 is 0 Å². The van der Waals surface area contributed by atoms with E-state index in [0.29, 0.717) is 19.0 Å². The highest BCUT2D eigenvalue weighted by Gasteiger charge is 2.20. The van der Waals surface area contributed by atoms with Crippen LogP contribution in [0.4, 0.5) is 0 Å². The van der Waals surface area contributed by atoms with E-state index >= 15 is 0 Å². The Morgan fingerprint density at radius 3 is 2.45 bits per heavy atom. The number of likely N-dealkylation sites (N-methyl/N-ethyl adjacent to an activating group) is 1. The van der Waals surface area contributed by atoms with Gasteiger partial charge in [0.1, 0.15) is 6.33 Å². The van der Waals surface area contributed by atoms with E-state index in [4.69, 9.17) is 11.6 Å². The van der Waals surface area contributed by atoms with Gasteiger partial charge in [0, 0.05) is 24.3 Å². The lowest BCUT2D eigenvalue weighted by molar-refractivity contribution is 0.219. The van der Waals surface area contributed by atoms with E-state index in [2.05, 4.69) is 50.6 Å². The molecule has 2 N–H and O–H groups in total. The number of rotatable bonds is 9. The van der Waals surface area contributed by atoms with E-state index in [1.54, 1.807) is 13.4 Å². The summed E-state index contributed by atoms with van der Waals surface area (Å²) in [5, 5.41) is 15.9. The molecule has 3 aromatic rings. The maximum absolute atomic E-state index is 6.51. The average molecular weight is 440 g/mol. The van der Waals surface area contributed by atoms with E-state index in [1.165, 1.54) is 0 Å². The summed E-state index contributed by atoms with van der Waals surface area (Å²) >= 11 is 6.51. The fraction of sp³-hybridized carbons (Fsp3) is 0.348. The van der Waals surface area contributed by atoms with E-state index in [9.17, 15) is 0 Å². The molecule has 1 heterocycles. The highest BCUT2D eigenvalue weighted by molar-refractivity contribution is 6.31. The number of para-hydroxylation sites is 1. The molecule has 0 aliphatic carbocycles. The molecule has 0 bridgehead atoms. The second kappa shape index (κ2) is 11.5. The average Bonchev–Trinajstić information content (AvgIpc) is 3.28. The Morgan fingerprint density at radius 1 is 1.06 bits per heavy atom. The summed E-state index contributed by atoms with van der Waals surface area (Å²) in [6, 6.07) is 18.2. The molecule has 8 heteroatoms. The van der Waals surface area contributed by atoms with Crippen molar-refractivity contribution in [2.45, 2.75) is 26.4 Å². The second-order valence-corrected chi connectivity index (χ2v) is 7.43. The number of guanidine groups is 1. The van der Waals surface area contributed by atoms with Crippen LogP contribution in [0.5, 0.6) is 0 Å². The minimum absolute atomic E-state index is 0.134. The first-order valence-corrected chi connectivity index (χ1v) is 10.9. The standard InChI is InChI=1S/C23H30ClN7/c1-4-30(5-2)21(19-13-9-10-14-20(19)24)15-26-23(25-3)27-16-22-29-28-17-31(22)18-11-7-6-8-12-18/h6-14,17,21H,4-5,15-16H2,1-3H3,(H2,25,26,27). The SMILES string of the molecule is CCN(CC)C(CNC(=NC)NCc1nncn1-c1ccccc1)c1ccccc1Cl. The van der Waals surface area contributed by atoms with Gasteiger partial charge in [0.05, 0.1) is 12.6 Å². The van der Waals surface area contributed by atoms with E-state index in [1.807, 2.05) is 53.1 Å². The third-order valence-corrected chi connectivity index (χ3v) is 5.61. The van der Waals surface area contributed by atoms with Crippen molar-refractivity contribution in [2.75, 3.05) is 26.7 Å². The van der Waals surface area contributed by atoms with Gasteiger partial charge in [0.15, 0.2) is 11.8 Å². The molecular formula is C23H30ClN7. The number of hydrogen-bond donors (Lipinski definition) is 2. The first kappa shape index (κ1) is 22.8. The van der Waals surface area contributed by atoms with Gasteiger partial charge in [-0.25, -0.2) is 0 Å².